The largest absolute Gasteiger partial charge is 0.573 e. The molecule has 0 atom stereocenters. The quantitative estimate of drug-likeness (QED) is 0.189. The van der Waals surface area contributed by atoms with Crippen molar-refractivity contribution in [3.8, 4) is 17.0 Å². The first-order valence-electron chi connectivity index (χ1n) is 9.95. The molecule has 176 valence electrons. The predicted octanol–water partition coefficient (Wildman–Crippen LogP) is 5.89. The van der Waals surface area contributed by atoms with Crippen LogP contribution in [0.2, 0.25) is 0 Å². The Morgan fingerprint density at radius 3 is 2.55 bits per heavy atom. The highest BCUT2D eigenvalue weighted by atomic mass is 127. The van der Waals surface area contributed by atoms with Gasteiger partial charge >= 0.3 is 6.36 Å². The van der Waals surface area contributed by atoms with E-state index in [1.54, 1.807) is 18.2 Å². The molecular weight excluding hydrogens is 553 g/mol. The minimum absolute atomic E-state index is 0.216. The summed E-state index contributed by atoms with van der Waals surface area (Å²) in [5.74, 6) is -0.264. The molecule has 0 unspecified atom stereocenters. The third-order valence-corrected chi connectivity index (χ3v) is 5.02. The lowest BCUT2D eigenvalue weighted by Crippen LogP contribution is -2.17. The Hall–Kier alpha value is -2.67. The van der Waals surface area contributed by atoms with E-state index in [4.69, 9.17) is 0 Å². The van der Waals surface area contributed by atoms with Crippen molar-refractivity contribution >= 4 is 40.0 Å². The van der Waals surface area contributed by atoms with Crippen molar-refractivity contribution in [1.82, 2.24) is 14.9 Å². The predicted molar refractivity (Wildman–Crippen MR) is 128 cm³/mol. The molecule has 3 aromatic rings. The van der Waals surface area contributed by atoms with Gasteiger partial charge in [-0.3, -0.25) is 0 Å². The molecule has 1 heterocycles. The maximum absolute atomic E-state index is 14.3. The zero-order chi connectivity index (χ0) is 24.0. The lowest BCUT2D eigenvalue weighted by molar-refractivity contribution is -0.274. The molecule has 0 spiro atoms. The van der Waals surface area contributed by atoms with Gasteiger partial charge in [-0.25, -0.2) is 9.37 Å². The number of anilines is 3. The average molecular weight is 575 g/mol. The Morgan fingerprint density at radius 2 is 1.85 bits per heavy atom. The Bertz CT molecular complexity index is 1090. The monoisotopic (exact) mass is 575 g/mol. The van der Waals surface area contributed by atoms with Crippen LogP contribution < -0.4 is 15.4 Å². The van der Waals surface area contributed by atoms with Crippen LogP contribution in [0.1, 0.15) is 6.42 Å². The summed E-state index contributed by atoms with van der Waals surface area (Å²) < 4.78 is 57.0. The molecular formula is C22H22F4IN5O. The van der Waals surface area contributed by atoms with Crippen LogP contribution in [0.15, 0.2) is 48.5 Å². The Labute approximate surface area is 202 Å². The highest BCUT2D eigenvalue weighted by molar-refractivity contribution is 14.1. The van der Waals surface area contributed by atoms with Crippen LogP contribution in [-0.4, -0.2) is 48.4 Å². The zero-order valence-electron chi connectivity index (χ0n) is 17.9. The van der Waals surface area contributed by atoms with E-state index in [-0.39, 0.29) is 23.2 Å². The van der Waals surface area contributed by atoms with Gasteiger partial charge in [0.15, 0.2) is 0 Å². The van der Waals surface area contributed by atoms with Crippen LogP contribution in [0.4, 0.5) is 35.0 Å². The van der Waals surface area contributed by atoms with Crippen molar-refractivity contribution in [2.24, 2.45) is 0 Å². The summed E-state index contributed by atoms with van der Waals surface area (Å²) in [6.45, 7) is 1.43. The molecule has 0 amide bonds. The van der Waals surface area contributed by atoms with Crippen molar-refractivity contribution in [1.29, 1.82) is 0 Å². The van der Waals surface area contributed by atoms with Crippen LogP contribution in [0.3, 0.4) is 0 Å². The Kier molecular flexibility index (Phi) is 8.30. The molecule has 11 heteroatoms. The van der Waals surface area contributed by atoms with Crippen LogP contribution in [0.25, 0.3) is 11.3 Å². The molecule has 2 N–H and O–H groups in total. The molecule has 0 aliphatic carbocycles. The van der Waals surface area contributed by atoms with Crippen LogP contribution in [0.5, 0.6) is 5.75 Å². The summed E-state index contributed by atoms with van der Waals surface area (Å²) in [5, 5.41) is 6.04. The van der Waals surface area contributed by atoms with E-state index in [1.165, 1.54) is 30.3 Å². The van der Waals surface area contributed by atoms with E-state index in [2.05, 4.69) is 25.3 Å². The molecule has 33 heavy (non-hydrogen) atoms. The van der Waals surface area contributed by atoms with E-state index in [9.17, 15) is 17.6 Å². The minimum atomic E-state index is -4.81. The van der Waals surface area contributed by atoms with E-state index < -0.39 is 12.2 Å². The fraction of sp³-hybridized carbons (Fsp3) is 0.273. The molecule has 6 nitrogen and oxygen atoms in total. The number of rotatable bonds is 9. The minimum Gasteiger partial charge on any atom is -0.406 e. The summed E-state index contributed by atoms with van der Waals surface area (Å²) in [7, 11) is 3.93. The molecule has 0 aliphatic heterocycles. The molecule has 0 saturated heterocycles. The average Bonchev–Trinajstić information content (AvgIpc) is 2.72. The smallest absolute Gasteiger partial charge is 0.406 e. The molecule has 0 bridgehead atoms. The number of nitrogens with zero attached hydrogens (tertiary/aromatic N) is 3. The molecule has 0 saturated carbocycles. The topological polar surface area (TPSA) is 62.3 Å². The standard InChI is InChI=1S/C22H22F4IN5O/c1-32(2)10-4-9-28-21-30-19(14-5-3-6-16(11-14)33-22(24,25)26)13-20(31-21)29-18-8-7-15(27)12-17(18)23/h3,5-8,11-13H,4,9-10H2,1-2H3,(H2,28,29,30,31). The second kappa shape index (κ2) is 11.0. The summed E-state index contributed by atoms with van der Waals surface area (Å²) in [6, 6.07) is 11.7. The van der Waals surface area contributed by atoms with Crippen LogP contribution in [0, 0.1) is 9.39 Å². The van der Waals surface area contributed by atoms with Gasteiger partial charge in [0, 0.05) is 21.7 Å². The van der Waals surface area contributed by atoms with Gasteiger partial charge in [0.25, 0.3) is 0 Å². The number of benzene rings is 2. The molecule has 0 fully saturated rings. The number of ether oxygens (including phenoxy) is 1. The zero-order valence-corrected chi connectivity index (χ0v) is 20.0. The van der Waals surface area contributed by atoms with Crippen LogP contribution >= 0.6 is 22.6 Å². The lowest BCUT2D eigenvalue weighted by atomic mass is 10.1. The van der Waals surface area contributed by atoms with Gasteiger partial charge in [-0.05, 0) is 80.0 Å². The molecule has 0 radical (unpaired) electrons. The maximum atomic E-state index is 14.3. The first-order valence-corrected chi connectivity index (χ1v) is 11.0. The summed E-state index contributed by atoms with van der Waals surface area (Å²) in [6.07, 6.45) is -3.98. The number of hydrogen-bond acceptors (Lipinski definition) is 6. The van der Waals surface area contributed by atoms with Gasteiger partial charge in [-0.15, -0.1) is 13.2 Å². The molecule has 1 aromatic heterocycles. The van der Waals surface area contributed by atoms with Gasteiger partial charge in [-0.2, -0.15) is 4.98 Å². The van der Waals surface area contributed by atoms with E-state index in [1.807, 2.05) is 41.6 Å². The van der Waals surface area contributed by atoms with Crippen molar-refractivity contribution in [3.05, 3.63) is 57.9 Å². The van der Waals surface area contributed by atoms with E-state index in [0.29, 0.717) is 17.8 Å². The molecule has 0 aliphatic rings. The first-order chi connectivity index (χ1) is 15.6. The Morgan fingerprint density at radius 1 is 1.06 bits per heavy atom. The van der Waals surface area contributed by atoms with Gasteiger partial charge in [0.2, 0.25) is 5.95 Å². The van der Waals surface area contributed by atoms with Crippen molar-refractivity contribution in [3.63, 3.8) is 0 Å². The number of nitrogens with one attached hydrogen (secondary N) is 2. The number of alkyl halides is 3. The van der Waals surface area contributed by atoms with Gasteiger partial charge in [-0.1, -0.05) is 12.1 Å². The lowest BCUT2D eigenvalue weighted by Gasteiger charge is -2.14. The van der Waals surface area contributed by atoms with Gasteiger partial charge in [0.05, 0.1) is 11.4 Å². The second-order valence-corrected chi connectivity index (χ2v) is 8.62. The summed E-state index contributed by atoms with van der Waals surface area (Å²) >= 11 is 2.01. The highest BCUT2D eigenvalue weighted by Gasteiger charge is 2.31. The molecule has 3 rings (SSSR count). The highest BCUT2D eigenvalue weighted by Crippen LogP contribution is 2.30. The SMILES string of the molecule is CN(C)CCCNc1nc(Nc2ccc(I)cc2F)cc(-c2cccc(OC(F)(F)F)c2)n1. The normalized spacial score (nSPS) is 11.5. The fourth-order valence-electron chi connectivity index (χ4n) is 2.92. The number of hydrogen-bond donors (Lipinski definition) is 2. The Balaban J connectivity index is 1.92. The second-order valence-electron chi connectivity index (χ2n) is 7.37. The van der Waals surface area contributed by atoms with Crippen LogP contribution in [-0.2, 0) is 0 Å². The summed E-state index contributed by atoms with van der Waals surface area (Å²) in [4.78, 5) is 10.9. The van der Waals surface area contributed by atoms with Crippen molar-refractivity contribution in [2.75, 3.05) is 37.8 Å². The van der Waals surface area contributed by atoms with Crippen molar-refractivity contribution < 1.29 is 22.3 Å². The first kappa shape index (κ1) is 25.0. The molecule has 2 aromatic carbocycles. The third kappa shape index (κ3) is 8.00. The van der Waals surface area contributed by atoms with Gasteiger partial charge in [0.1, 0.15) is 17.4 Å². The van der Waals surface area contributed by atoms with E-state index in [0.717, 1.165) is 16.5 Å². The fourth-order valence-corrected chi connectivity index (χ4v) is 3.37. The third-order valence-electron chi connectivity index (χ3n) is 4.35. The maximum Gasteiger partial charge on any atom is 0.573 e. The van der Waals surface area contributed by atoms with Gasteiger partial charge < -0.3 is 20.3 Å². The van der Waals surface area contributed by atoms with Crippen molar-refractivity contribution in [2.45, 2.75) is 12.8 Å². The number of aromatic nitrogens is 2. The number of halogens is 5. The summed E-state index contributed by atoms with van der Waals surface area (Å²) in [5.41, 5.74) is 0.954. The van der Waals surface area contributed by atoms with E-state index >= 15 is 0 Å².